The molecule has 1 aromatic heterocycles. The van der Waals surface area contributed by atoms with Crippen molar-refractivity contribution in [2.75, 3.05) is 10.6 Å². The molecule has 43 heavy (non-hydrogen) atoms. The van der Waals surface area contributed by atoms with Crippen molar-refractivity contribution in [3.63, 3.8) is 0 Å². The van der Waals surface area contributed by atoms with E-state index >= 15 is 0 Å². The van der Waals surface area contributed by atoms with E-state index in [4.69, 9.17) is 16.3 Å². The second kappa shape index (κ2) is 13.4. The summed E-state index contributed by atoms with van der Waals surface area (Å²) >= 11 is 11.0. The normalized spacial score (nSPS) is 10.8. The van der Waals surface area contributed by atoms with Crippen molar-refractivity contribution in [3.05, 3.63) is 123 Å². The number of ether oxygens (including phenoxy) is 1. The van der Waals surface area contributed by atoms with Gasteiger partial charge in [-0.3, -0.25) is 14.4 Å². The SMILES string of the molecule is O=C(N/N=C\c1ccccc1OC(=O)c1sc2ccccc2c1Cl)C(=O)Nc1ccccc1C(=O)Nc1ccc(Br)cc1. The molecule has 0 atom stereocenters. The van der Waals surface area contributed by atoms with Crippen molar-refractivity contribution >= 4 is 90.2 Å². The highest BCUT2D eigenvalue weighted by Crippen LogP contribution is 2.36. The Labute approximate surface area is 262 Å². The highest BCUT2D eigenvalue weighted by atomic mass is 79.9. The fourth-order valence-corrected chi connectivity index (χ4v) is 5.53. The molecule has 4 aromatic carbocycles. The molecule has 9 nitrogen and oxygen atoms in total. The van der Waals surface area contributed by atoms with Gasteiger partial charge >= 0.3 is 17.8 Å². The number of anilines is 2. The van der Waals surface area contributed by atoms with Crippen LogP contribution in [0.2, 0.25) is 5.02 Å². The lowest BCUT2D eigenvalue weighted by atomic mass is 10.1. The van der Waals surface area contributed by atoms with Crippen LogP contribution in [0, 0.1) is 0 Å². The van der Waals surface area contributed by atoms with Crippen molar-refractivity contribution in [3.8, 4) is 5.75 Å². The number of hydrazone groups is 1. The largest absolute Gasteiger partial charge is 0.422 e. The van der Waals surface area contributed by atoms with E-state index in [-0.39, 0.29) is 21.9 Å². The molecule has 1 heterocycles. The van der Waals surface area contributed by atoms with Crippen LogP contribution < -0.4 is 20.8 Å². The van der Waals surface area contributed by atoms with E-state index in [1.807, 2.05) is 24.3 Å². The number of nitrogens with one attached hydrogen (secondary N) is 3. The molecule has 0 fully saturated rings. The van der Waals surface area contributed by atoms with Crippen LogP contribution in [0.4, 0.5) is 11.4 Å². The highest BCUT2D eigenvalue weighted by Gasteiger charge is 2.20. The van der Waals surface area contributed by atoms with Crippen molar-refractivity contribution in [2.45, 2.75) is 0 Å². The van der Waals surface area contributed by atoms with Crippen molar-refractivity contribution in [2.24, 2.45) is 5.10 Å². The molecule has 0 bridgehead atoms. The average molecular weight is 676 g/mol. The van der Waals surface area contributed by atoms with Gasteiger partial charge in [-0.05, 0) is 54.6 Å². The molecule has 0 saturated heterocycles. The summed E-state index contributed by atoms with van der Waals surface area (Å²) in [5.74, 6) is -3.06. The maximum absolute atomic E-state index is 12.9. The van der Waals surface area contributed by atoms with Crippen molar-refractivity contribution in [1.29, 1.82) is 0 Å². The van der Waals surface area contributed by atoms with E-state index in [0.29, 0.717) is 16.3 Å². The zero-order valence-electron chi connectivity index (χ0n) is 22.0. The van der Waals surface area contributed by atoms with Crippen LogP contribution in [0.25, 0.3) is 10.1 Å². The maximum Gasteiger partial charge on any atom is 0.355 e. The number of hydrogen-bond acceptors (Lipinski definition) is 7. The van der Waals surface area contributed by atoms with E-state index in [1.54, 1.807) is 60.7 Å². The first-order chi connectivity index (χ1) is 20.8. The predicted octanol–water partition coefficient (Wildman–Crippen LogP) is 6.88. The summed E-state index contributed by atoms with van der Waals surface area (Å²) in [4.78, 5) is 51.0. The third-order valence-electron chi connectivity index (χ3n) is 5.94. The number of carbonyl (C=O) groups is 4. The number of esters is 1. The van der Waals surface area contributed by atoms with Gasteiger partial charge in [0.15, 0.2) is 0 Å². The molecule has 3 amide bonds. The molecule has 0 aliphatic heterocycles. The van der Waals surface area contributed by atoms with Gasteiger partial charge in [-0.2, -0.15) is 5.10 Å². The van der Waals surface area contributed by atoms with Gasteiger partial charge in [0.2, 0.25) is 0 Å². The van der Waals surface area contributed by atoms with Crippen LogP contribution in [-0.4, -0.2) is 29.9 Å². The second-order valence-corrected chi connectivity index (χ2v) is 11.2. The number of fused-ring (bicyclic) bond motifs is 1. The molecule has 0 aliphatic carbocycles. The number of carbonyl (C=O) groups excluding carboxylic acids is 4. The van der Waals surface area contributed by atoms with Crippen LogP contribution in [0.1, 0.15) is 25.6 Å². The Morgan fingerprint density at radius 1 is 0.814 bits per heavy atom. The Morgan fingerprint density at radius 2 is 1.51 bits per heavy atom. The standard InChI is InChI=1S/C31H20BrClN4O5S/c32-19-13-15-20(16-14-19)35-28(38)21-8-2-4-10-23(21)36-29(39)30(40)37-34-17-18-7-1-5-11-24(18)42-31(41)27-26(33)22-9-3-6-12-25(22)43-27/h1-17H,(H,35,38)(H,36,39)(H,37,40)/b34-17-. The maximum atomic E-state index is 12.9. The topological polar surface area (TPSA) is 126 Å². The average Bonchev–Trinajstić information content (AvgIpc) is 3.35. The van der Waals surface area contributed by atoms with Gasteiger partial charge in [0.25, 0.3) is 5.91 Å². The van der Waals surface area contributed by atoms with Gasteiger partial charge in [-0.25, -0.2) is 10.2 Å². The van der Waals surface area contributed by atoms with E-state index in [9.17, 15) is 19.2 Å². The monoisotopic (exact) mass is 674 g/mol. The number of para-hydroxylation sites is 2. The Bertz CT molecular complexity index is 1890. The third-order valence-corrected chi connectivity index (χ3v) is 8.12. The van der Waals surface area contributed by atoms with E-state index < -0.39 is 23.7 Å². The molecule has 0 spiro atoms. The molecule has 0 aliphatic rings. The first kappa shape index (κ1) is 29.6. The summed E-state index contributed by atoms with van der Waals surface area (Å²) in [6.07, 6.45) is 1.24. The lowest BCUT2D eigenvalue weighted by Crippen LogP contribution is -2.33. The van der Waals surface area contributed by atoms with Gasteiger partial charge < -0.3 is 15.4 Å². The van der Waals surface area contributed by atoms with Gasteiger partial charge in [0.1, 0.15) is 10.6 Å². The molecule has 12 heteroatoms. The van der Waals surface area contributed by atoms with Crippen LogP contribution in [0.15, 0.2) is 107 Å². The second-order valence-electron chi connectivity index (χ2n) is 8.83. The molecular weight excluding hydrogens is 656 g/mol. The highest BCUT2D eigenvalue weighted by molar-refractivity contribution is 9.10. The summed E-state index contributed by atoms with van der Waals surface area (Å²) < 4.78 is 7.28. The summed E-state index contributed by atoms with van der Waals surface area (Å²) in [5.41, 5.74) is 3.35. The minimum Gasteiger partial charge on any atom is -0.422 e. The lowest BCUT2D eigenvalue weighted by Gasteiger charge is -2.11. The Hall–Kier alpha value is -4.84. The quantitative estimate of drug-likeness (QED) is 0.0570. The first-order valence-corrected chi connectivity index (χ1v) is 14.6. The van der Waals surface area contributed by atoms with Crippen LogP contribution >= 0.6 is 38.9 Å². The zero-order valence-corrected chi connectivity index (χ0v) is 25.1. The number of hydrogen-bond donors (Lipinski definition) is 3. The molecule has 0 radical (unpaired) electrons. The van der Waals surface area contributed by atoms with Gasteiger partial charge in [0.05, 0.1) is 22.5 Å². The third kappa shape index (κ3) is 7.15. The number of nitrogens with zero attached hydrogens (tertiary/aromatic N) is 1. The Kier molecular flexibility index (Phi) is 9.26. The fourth-order valence-electron chi connectivity index (χ4n) is 3.88. The Balaban J connectivity index is 1.22. The van der Waals surface area contributed by atoms with Gasteiger partial charge in [0, 0.05) is 25.8 Å². The van der Waals surface area contributed by atoms with E-state index in [2.05, 4.69) is 37.1 Å². The molecule has 3 N–H and O–H groups in total. The number of rotatable bonds is 7. The number of thiophene rings is 1. The van der Waals surface area contributed by atoms with Gasteiger partial charge in [-0.15, -0.1) is 11.3 Å². The number of amides is 3. The molecule has 5 aromatic rings. The van der Waals surface area contributed by atoms with E-state index in [0.717, 1.165) is 14.6 Å². The molecule has 214 valence electrons. The summed E-state index contributed by atoms with van der Waals surface area (Å²) in [6, 6.07) is 27.2. The number of benzene rings is 4. The van der Waals surface area contributed by atoms with Crippen molar-refractivity contribution < 1.29 is 23.9 Å². The summed E-state index contributed by atoms with van der Waals surface area (Å²) in [6.45, 7) is 0. The molecule has 0 saturated carbocycles. The zero-order chi connectivity index (χ0) is 30.3. The van der Waals surface area contributed by atoms with Crippen molar-refractivity contribution in [1.82, 2.24) is 5.43 Å². The fraction of sp³-hybridized carbons (Fsp3) is 0. The molecule has 0 unspecified atom stereocenters. The van der Waals surface area contributed by atoms with Gasteiger partial charge in [-0.1, -0.05) is 70.0 Å². The first-order valence-electron chi connectivity index (χ1n) is 12.6. The molecule has 5 rings (SSSR count). The van der Waals surface area contributed by atoms with Crippen LogP contribution in [0.3, 0.4) is 0 Å². The van der Waals surface area contributed by atoms with Crippen LogP contribution in [-0.2, 0) is 9.59 Å². The minimum atomic E-state index is -1.08. The smallest absolute Gasteiger partial charge is 0.355 e. The predicted molar refractivity (Wildman–Crippen MR) is 171 cm³/mol. The van der Waals surface area contributed by atoms with Crippen LogP contribution in [0.5, 0.6) is 5.75 Å². The lowest BCUT2D eigenvalue weighted by molar-refractivity contribution is -0.136. The summed E-state index contributed by atoms with van der Waals surface area (Å²) in [5, 5.41) is 10.1. The number of halogens is 2. The summed E-state index contributed by atoms with van der Waals surface area (Å²) in [7, 11) is 0. The minimum absolute atomic E-state index is 0.137. The Morgan fingerprint density at radius 3 is 2.30 bits per heavy atom. The van der Waals surface area contributed by atoms with E-state index in [1.165, 1.54) is 29.7 Å². The molecular formula is C31H20BrClN4O5S.